The second-order valence-electron chi connectivity index (χ2n) is 8.70. The molecule has 0 atom stereocenters. The molecular formula is C27H27N5O4. The molecule has 9 nitrogen and oxygen atoms in total. The molecule has 0 saturated carbocycles. The second kappa shape index (κ2) is 10.3. The highest BCUT2D eigenvalue weighted by molar-refractivity contribution is 6.09. The molecule has 2 heterocycles. The Morgan fingerprint density at radius 3 is 2.61 bits per heavy atom. The topological polar surface area (TPSA) is 143 Å². The first-order chi connectivity index (χ1) is 17.2. The number of anilines is 2. The first kappa shape index (κ1) is 24.5. The molecule has 0 fully saturated rings. The van der Waals surface area contributed by atoms with Crippen molar-refractivity contribution >= 4 is 40.6 Å². The van der Waals surface area contributed by atoms with Gasteiger partial charge in [-0.15, -0.1) is 0 Å². The smallest absolute Gasteiger partial charge is 0.336 e. The SMILES string of the molecule is COc1ccc(-c2ccc(/C=C\CC(C)C)cc2C(=O)O)c(C(=O)Nc2ccc3nc(N)[nH]c3c2)n1. The van der Waals surface area contributed by atoms with Gasteiger partial charge in [-0.2, -0.15) is 0 Å². The van der Waals surface area contributed by atoms with Crippen LogP contribution in [-0.2, 0) is 0 Å². The van der Waals surface area contributed by atoms with Crippen LogP contribution in [0.25, 0.3) is 28.2 Å². The maximum absolute atomic E-state index is 13.3. The van der Waals surface area contributed by atoms with Crippen LogP contribution >= 0.6 is 0 Å². The Morgan fingerprint density at radius 2 is 1.89 bits per heavy atom. The molecule has 184 valence electrons. The van der Waals surface area contributed by atoms with Crippen molar-refractivity contribution in [2.45, 2.75) is 20.3 Å². The summed E-state index contributed by atoms with van der Waals surface area (Å²) in [6.07, 6.45) is 4.80. The fraction of sp³-hybridized carbons (Fsp3) is 0.185. The van der Waals surface area contributed by atoms with E-state index < -0.39 is 11.9 Å². The summed E-state index contributed by atoms with van der Waals surface area (Å²) in [4.78, 5) is 36.9. The number of ether oxygens (including phenoxy) is 1. The lowest BCUT2D eigenvalue weighted by atomic mass is 9.95. The molecule has 0 radical (unpaired) electrons. The third-order valence-corrected chi connectivity index (χ3v) is 5.53. The number of benzene rings is 2. The minimum Gasteiger partial charge on any atom is -0.481 e. The Labute approximate surface area is 208 Å². The summed E-state index contributed by atoms with van der Waals surface area (Å²) in [5.74, 6) is -0.626. The van der Waals surface area contributed by atoms with E-state index in [9.17, 15) is 14.7 Å². The molecule has 0 aliphatic carbocycles. The Kier molecular flexibility index (Phi) is 7.00. The van der Waals surface area contributed by atoms with Crippen molar-refractivity contribution in [1.29, 1.82) is 0 Å². The van der Waals surface area contributed by atoms with E-state index in [2.05, 4.69) is 34.1 Å². The number of nitrogens with one attached hydrogen (secondary N) is 2. The minimum absolute atomic E-state index is 0.0316. The molecule has 2 aromatic carbocycles. The highest BCUT2D eigenvalue weighted by Crippen LogP contribution is 2.30. The number of hydrogen-bond acceptors (Lipinski definition) is 6. The Hall–Kier alpha value is -4.66. The summed E-state index contributed by atoms with van der Waals surface area (Å²) in [7, 11) is 1.45. The van der Waals surface area contributed by atoms with Crippen LogP contribution < -0.4 is 15.8 Å². The zero-order chi connectivity index (χ0) is 25.8. The second-order valence-corrected chi connectivity index (χ2v) is 8.70. The number of methoxy groups -OCH3 is 1. The number of carbonyl (C=O) groups is 2. The number of carboxylic acids is 1. The number of fused-ring (bicyclic) bond motifs is 1. The van der Waals surface area contributed by atoms with Crippen molar-refractivity contribution in [3.05, 3.63) is 71.4 Å². The fourth-order valence-corrected chi connectivity index (χ4v) is 3.80. The predicted molar refractivity (Wildman–Crippen MR) is 140 cm³/mol. The van der Waals surface area contributed by atoms with E-state index >= 15 is 0 Å². The lowest BCUT2D eigenvalue weighted by Crippen LogP contribution is -2.16. The number of nitrogens with two attached hydrogens (primary N) is 1. The lowest BCUT2D eigenvalue weighted by molar-refractivity contribution is 0.0697. The van der Waals surface area contributed by atoms with E-state index in [0.717, 1.165) is 12.0 Å². The van der Waals surface area contributed by atoms with Crippen LogP contribution in [0.1, 0.15) is 46.7 Å². The average Bonchev–Trinajstić information content (AvgIpc) is 3.22. The normalized spacial score (nSPS) is 11.3. The van der Waals surface area contributed by atoms with Gasteiger partial charge in [-0.05, 0) is 53.8 Å². The number of carboxylic acid groups (broad SMARTS) is 1. The quantitative estimate of drug-likeness (QED) is 0.268. The molecule has 4 aromatic rings. The first-order valence-electron chi connectivity index (χ1n) is 11.4. The molecule has 2 aromatic heterocycles. The van der Waals surface area contributed by atoms with Crippen LogP contribution in [0.5, 0.6) is 5.88 Å². The minimum atomic E-state index is -1.10. The fourth-order valence-electron chi connectivity index (χ4n) is 3.80. The third kappa shape index (κ3) is 5.35. The Balaban J connectivity index is 1.73. The van der Waals surface area contributed by atoms with Gasteiger partial charge in [0, 0.05) is 17.3 Å². The number of pyridine rings is 1. The van der Waals surface area contributed by atoms with Crippen LogP contribution in [0.2, 0.25) is 0 Å². The van der Waals surface area contributed by atoms with Gasteiger partial charge in [0.15, 0.2) is 5.95 Å². The zero-order valence-corrected chi connectivity index (χ0v) is 20.2. The van der Waals surface area contributed by atoms with Crippen molar-refractivity contribution in [3.63, 3.8) is 0 Å². The highest BCUT2D eigenvalue weighted by Gasteiger charge is 2.21. The number of aromatic nitrogens is 3. The number of amides is 1. The summed E-state index contributed by atoms with van der Waals surface area (Å²) in [5.41, 5.74) is 9.14. The number of rotatable bonds is 8. The van der Waals surface area contributed by atoms with Crippen molar-refractivity contribution < 1.29 is 19.4 Å². The number of hydrogen-bond donors (Lipinski definition) is 4. The summed E-state index contributed by atoms with van der Waals surface area (Å²) in [6.45, 7) is 4.23. The molecule has 1 amide bonds. The van der Waals surface area contributed by atoms with Gasteiger partial charge in [-0.25, -0.2) is 14.8 Å². The molecule has 0 bridgehead atoms. The molecule has 5 N–H and O–H groups in total. The number of carbonyl (C=O) groups excluding carboxylic acids is 1. The van der Waals surface area contributed by atoms with Crippen LogP contribution in [0.3, 0.4) is 0 Å². The number of imidazole rings is 1. The number of nitrogens with zero attached hydrogens (tertiary/aromatic N) is 2. The molecule has 0 aliphatic rings. The van der Waals surface area contributed by atoms with E-state index in [0.29, 0.717) is 33.8 Å². The summed E-state index contributed by atoms with van der Waals surface area (Å²) in [6, 6.07) is 13.5. The molecule has 9 heteroatoms. The molecular weight excluding hydrogens is 458 g/mol. The highest BCUT2D eigenvalue weighted by atomic mass is 16.5. The van der Waals surface area contributed by atoms with E-state index in [4.69, 9.17) is 10.5 Å². The van der Waals surface area contributed by atoms with Crippen molar-refractivity contribution in [1.82, 2.24) is 15.0 Å². The molecule has 36 heavy (non-hydrogen) atoms. The summed E-state index contributed by atoms with van der Waals surface area (Å²) < 4.78 is 5.22. The average molecular weight is 486 g/mol. The maximum atomic E-state index is 13.3. The van der Waals surface area contributed by atoms with E-state index in [1.807, 2.05) is 18.2 Å². The first-order valence-corrected chi connectivity index (χ1v) is 11.4. The largest absolute Gasteiger partial charge is 0.481 e. The Morgan fingerprint density at radius 1 is 1.11 bits per heavy atom. The number of aromatic carboxylic acids is 1. The van der Waals surface area contributed by atoms with Crippen LogP contribution in [0, 0.1) is 5.92 Å². The number of allylic oxidation sites excluding steroid dienone is 1. The van der Waals surface area contributed by atoms with Gasteiger partial charge in [0.05, 0.1) is 23.7 Å². The molecule has 0 saturated heterocycles. The standard InChI is InChI=1S/C27H27N5O4/c1-15(2)5-4-6-16-7-9-18(20(13-16)26(34)35)19-10-12-23(36-3)32-24(19)25(33)29-17-8-11-21-22(14-17)31-27(28)30-21/h4,6-15H,5H2,1-3H3,(H,29,33)(H,34,35)(H3,28,30,31)/b6-4-. The van der Waals surface area contributed by atoms with Gasteiger partial charge in [-0.3, -0.25) is 4.79 Å². The van der Waals surface area contributed by atoms with Gasteiger partial charge in [-0.1, -0.05) is 38.1 Å². The van der Waals surface area contributed by atoms with Crippen LogP contribution in [0.15, 0.2) is 54.6 Å². The van der Waals surface area contributed by atoms with Crippen molar-refractivity contribution in [3.8, 4) is 17.0 Å². The molecule has 4 rings (SSSR count). The van der Waals surface area contributed by atoms with Crippen molar-refractivity contribution in [2.24, 2.45) is 5.92 Å². The predicted octanol–water partition coefficient (Wildman–Crippen LogP) is 5.23. The van der Waals surface area contributed by atoms with Gasteiger partial charge in [0.1, 0.15) is 5.69 Å². The monoisotopic (exact) mass is 485 g/mol. The Bertz CT molecular complexity index is 1470. The van der Waals surface area contributed by atoms with Gasteiger partial charge < -0.3 is 25.9 Å². The maximum Gasteiger partial charge on any atom is 0.336 e. The van der Waals surface area contributed by atoms with Crippen molar-refractivity contribution in [2.75, 3.05) is 18.2 Å². The summed E-state index contributed by atoms with van der Waals surface area (Å²) >= 11 is 0. The number of aromatic amines is 1. The lowest BCUT2D eigenvalue weighted by Gasteiger charge is -2.14. The van der Waals surface area contributed by atoms with Crippen LogP contribution in [-0.4, -0.2) is 39.0 Å². The molecule has 0 spiro atoms. The third-order valence-electron chi connectivity index (χ3n) is 5.53. The van der Waals surface area contributed by atoms with Gasteiger partial charge in [0.2, 0.25) is 5.88 Å². The summed E-state index contributed by atoms with van der Waals surface area (Å²) in [5, 5.41) is 12.8. The van der Waals surface area contributed by atoms with Crippen LogP contribution in [0.4, 0.5) is 11.6 Å². The molecule has 0 unspecified atom stereocenters. The zero-order valence-electron chi connectivity index (χ0n) is 20.2. The van der Waals surface area contributed by atoms with E-state index in [1.165, 1.54) is 7.11 Å². The number of nitrogen functional groups attached to an aromatic ring is 1. The van der Waals surface area contributed by atoms with E-state index in [-0.39, 0.29) is 23.1 Å². The number of H-pyrrole nitrogens is 1. The molecule has 0 aliphatic heterocycles. The van der Waals surface area contributed by atoms with Gasteiger partial charge >= 0.3 is 5.97 Å². The van der Waals surface area contributed by atoms with Gasteiger partial charge in [0.25, 0.3) is 5.91 Å². The van der Waals surface area contributed by atoms with E-state index in [1.54, 1.807) is 42.5 Å².